The number of aromatic hydroxyl groups is 1. The van der Waals surface area contributed by atoms with Gasteiger partial charge < -0.3 is 35.2 Å². The lowest BCUT2D eigenvalue weighted by Crippen LogP contribution is -2.35. The fourth-order valence-electron chi connectivity index (χ4n) is 5.55. The van der Waals surface area contributed by atoms with Crippen LogP contribution in [0.15, 0.2) is 63.4 Å². The number of amides is 2. The number of aliphatic hydroxyl groups is 1. The van der Waals surface area contributed by atoms with E-state index in [4.69, 9.17) is 19.6 Å². The summed E-state index contributed by atoms with van der Waals surface area (Å²) < 4.78 is 18.0. The van der Waals surface area contributed by atoms with Gasteiger partial charge in [-0.1, -0.05) is 51.2 Å². The molecular weight excluding hydrogens is 554 g/mol. The number of nitrogens with zero attached hydrogens (tertiary/aromatic N) is 1. The van der Waals surface area contributed by atoms with E-state index in [1.807, 2.05) is 26.8 Å². The number of carbonyl (C=O) groups is 2. The van der Waals surface area contributed by atoms with Crippen molar-refractivity contribution in [2.45, 2.75) is 72.3 Å². The Bertz CT molecular complexity index is 1500. The van der Waals surface area contributed by atoms with Gasteiger partial charge in [0.25, 0.3) is 5.91 Å². The quantitative estimate of drug-likeness (QED) is 0.294. The van der Waals surface area contributed by atoms with E-state index in [-0.39, 0.29) is 47.7 Å². The number of fused-ring (bicyclic) bond motifs is 4. The minimum atomic E-state index is -0.926. The summed E-state index contributed by atoms with van der Waals surface area (Å²) in [6.45, 7) is 12.9. The molecule has 3 rings (SSSR count). The first-order valence-electron chi connectivity index (χ1n) is 14.3. The van der Waals surface area contributed by atoms with Crippen LogP contribution in [0.4, 0.5) is 10.5 Å². The second-order valence-corrected chi connectivity index (χ2v) is 11.4. The zero-order valence-electron chi connectivity index (χ0n) is 25.6. The van der Waals surface area contributed by atoms with Gasteiger partial charge in [0.15, 0.2) is 5.58 Å². The van der Waals surface area contributed by atoms with Crippen molar-refractivity contribution in [2.75, 3.05) is 12.4 Å². The molecule has 1 aromatic carbocycles. The first-order chi connectivity index (χ1) is 20.3. The number of methoxy groups -OCH3 is 1. The number of phenols is 1. The van der Waals surface area contributed by atoms with Crippen molar-refractivity contribution in [3.8, 4) is 5.75 Å². The maximum absolute atomic E-state index is 13.1. The van der Waals surface area contributed by atoms with Crippen LogP contribution in [-0.2, 0) is 27.2 Å². The number of nitrogens with one attached hydrogen (secondary N) is 1. The van der Waals surface area contributed by atoms with Gasteiger partial charge in [0.05, 0.1) is 23.4 Å². The number of phenolic OH excluding ortho intramolecular Hbond substituents is 1. The second kappa shape index (κ2) is 14.4. The number of aliphatic hydroxyl groups excluding tert-OH is 1. The van der Waals surface area contributed by atoms with E-state index in [0.29, 0.717) is 28.6 Å². The molecule has 0 fully saturated rings. The van der Waals surface area contributed by atoms with Crippen LogP contribution >= 0.6 is 0 Å². The minimum Gasteiger partial charge on any atom is -0.505 e. The van der Waals surface area contributed by atoms with Gasteiger partial charge in [-0.15, -0.1) is 6.58 Å². The van der Waals surface area contributed by atoms with E-state index in [1.54, 1.807) is 38.2 Å². The summed E-state index contributed by atoms with van der Waals surface area (Å²) in [5.74, 6) is -2.14. The highest BCUT2D eigenvalue weighted by Gasteiger charge is 2.29. The van der Waals surface area contributed by atoms with Gasteiger partial charge in [-0.25, -0.2) is 9.59 Å². The van der Waals surface area contributed by atoms with E-state index < -0.39 is 36.1 Å². The molecule has 5 N–H and O–H groups in total. The maximum Gasteiger partial charge on any atom is 0.420 e. The molecule has 2 amide bonds. The Hall–Kier alpha value is -4.09. The van der Waals surface area contributed by atoms with Gasteiger partial charge in [-0.05, 0) is 38.2 Å². The van der Waals surface area contributed by atoms with E-state index in [1.165, 1.54) is 17.7 Å². The zero-order valence-corrected chi connectivity index (χ0v) is 25.6. The SMILES string of the molecule is C=CCn1c(=O)oc2cc3c(O)c(c21)C[C@@H](C)C[C@H](OC)[C@H](O)[C@@H](C)/C=C(\C)[C@H](OC(N)=O)[C@@H](C)/C=C\C=C(/C)C(=O)N3. The molecule has 0 saturated heterocycles. The van der Waals surface area contributed by atoms with Gasteiger partial charge in [-0.3, -0.25) is 9.36 Å². The molecule has 234 valence electrons. The lowest BCUT2D eigenvalue weighted by Gasteiger charge is -2.29. The van der Waals surface area contributed by atoms with E-state index in [2.05, 4.69) is 11.9 Å². The number of primary amides is 1. The van der Waals surface area contributed by atoms with Crippen molar-refractivity contribution in [3.05, 3.63) is 70.3 Å². The predicted molar refractivity (Wildman–Crippen MR) is 165 cm³/mol. The highest BCUT2D eigenvalue weighted by atomic mass is 16.6. The number of hydrogen-bond donors (Lipinski definition) is 4. The molecule has 0 spiro atoms. The smallest absolute Gasteiger partial charge is 0.420 e. The number of carbonyl (C=O) groups excluding carboxylic acids is 2. The molecule has 43 heavy (non-hydrogen) atoms. The third-order valence-corrected chi connectivity index (χ3v) is 7.81. The molecule has 0 radical (unpaired) electrons. The fourth-order valence-corrected chi connectivity index (χ4v) is 5.55. The van der Waals surface area contributed by atoms with Crippen molar-refractivity contribution in [1.29, 1.82) is 0 Å². The summed E-state index contributed by atoms with van der Waals surface area (Å²) in [5.41, 5.74) is 7.52. The first kappa shape index (κ1) is 33.4. The largest absolute Gasteiger partial charge is 0.505 e. The van der Waals surface area contributed by atoms with Crippen LogP contribution in [0.2, 0.25) is 0 Å². The van der Waals surface area contributed by atoms with E-state index in [9.17, 15) is 24.6 Å². The molecule has 11 heteroatoms. The lowest BCUT2D eigenvalue weighted by atomic mass is 9.87. The average molecular weight is 598 g/mol. The Morgan fingerprint density at radius 3 is 2.58 bits per heavy atom. The molecule has 1 aromatic heterocycles. The molecule has 1 aliphatic rings. The number of nitrogens with two attached hydrogens (primary N) is 1. The topological polar surface area (TPSA) is 166 Å². The van der Waals surface area contributed by atoms with Crippen LogP contribution < -0.4 is 16.8 Å². The van der Waals surface area contributed by atoms with Crippen LogP contribution in [0.25, 0.3) is 11.1 Å². The van der Waals surface area contributed by atoms with Crippen LogP contribution in [0.3, 0.4) is 0 Å². The molecule has 11 nitrogen and oxygen atoms in total. The van der Waals surface area contributed by atoms with Crippen molar-refractivity contribution in [1.82, 2.24) is 4.57 Å². The number of oxazole rings is 1. The molecule has 2 bridgehead atoms. The normalized spacial score (nSPS) is 29.1. The van der Waals surface area contributed by atoms with E-state index in [0.717, 1.165) is 0 Å². The highest BCUT2D eigenvalue weighted by Crippen LogP contribution is 2.38. The monoisotopic (exact) mass is 597 g/mol. The molecule has 0 aliphatic carbocycles. The number of aromatic nitrogens is 1. The standard InChI is InChI=1S/C32H43N3O8/c1-8-12-35-26-22-13-17(2)14-25(41-7)27(36)20(5)15-21(6)29(43-31(33)39)18(3)10-9-11-19(4)30(38)34-23(28(22)37)16-24(26)42-32(35)40/h8-11,15-18,20,25,27,29,36-37H,1,12-14H2,2-7H3,(H2,33,39)(H,34,38)/b10-9-,19-11+,21-15+/t17-,18+,20+,25+,27-,29-/m1/s1. The molecule has 1 aliphatic heterocycles. The van der Waals surface area contributed by atoms with Crippen LogP contribution in [-0.4, -0.2) is 52.2 Å². The van der Waals surface area contributed by atoms with Gasteiger partial charge in [0, 0.05) is 42.7 Å². The maximum atomic E-state index is 13.1. The molecular formula is C32H43N3O8. The highest BCUT2D eigenvalue weighted by molar-refractivity contribution is 6.05. The first-order valence-corrected chi connectivity index (χ1v) is 14.3. The second-order valence-electron chi connectivity index (χ2n) is 11.4. The van der Waals surface area contributed by atoms with Gasteiger partial charge in [-0.2, -0.15) is 0 Å². The van der Waals surface area contributed by atoms with Crippen LogP contribution in [0, 0.1) is 17.8 Å². The predicted octanol–water partition coefficient (Wildman–Crippen LogP) is 4.57. The Labute approximate surface area is 251 Å². The third kappa shape index (κ3) is 7.85. The number of hydrogen-bond acceptors (Lipinski definition) is 8. The Balaban J connectivity index is 2.17. The fraction of sp³-hybridized carbons (Fsp3) is 0.469. The van der Waals surface area contributed by atoms with Crippen molar-refractivity contribution >= 4 is 28.8 Å². The molecule has 0 saturated carbocycles. The Kier molecular flexibility index (Phi) is 11.2. The lowest BCUT2D eigenvalue weighted by molar-refractivity contribution is -0.112. The van der Waals surface area contributed by atoms with Gasteiger partial charge >= 0.3 is 11.8 Å². The summed E-state index contributed by atoms with van der Waals surface area (Å²) in [7, 11) is 1.52. The number of ether oxygens (including phenoxy) is 2. The summed E-state index contributed by atoms with van der Waals surface area (Å²) in [6, 6.07) is 1.43. The van der Waals surface area contributed by atoms with Gasteiger partial charge in [0.2, 0.25) is 0 Å². The van der Waals surface area contributed by atoms with Crippen LogP contribution in [0.1, 0.15) is 46.6 Å². The number of allylic oxidation sites excluding steroid dienone is 3. The summed E-state index contributed by atoms with van der Waals surface area (Å²) in [4.78, 5) is 37.5. The Morgan fingerprint density at radius 2 is 1.95 bits per heavy atom. The van der Waals surface area contributed by atoms with E-state index >= 15 is 0 Å². The molecule has 6 atom stereocenters. The number of anilines is 1. The number of benzene rings is 1. The third-order valence-electron chi connectivity index (χ3n) is 7.81. The van der Waals surface area contributed by atoms with Crippen molar-refractivity contribution in [3.63, 3.8) is 0 Å². The molecule has 0 unspecified atom stereocenters. The zero-order chi connectivity index (χ0) is 32.0. The summed E-state index contributed by atoms with van der Waals surface area (Å²) >= 11 is 0. The van der Waals surface area contributed by atoms with Crippen molar-refractivity contribution in [2.24, 2.45) is 23.5 Å². The molecule has 2 aromatic rings. The molecule has 2 heterocycles. The average Bonchev–Trinajstić information content (AvgIpc) is 3.25. The minimum absolute atomic E-state index is 0.0916. The Morgan fingerprint density at radius 1 is 1.26 bits per heavy atom. The van der Waals surface area contributed by atoms with Gasteiger partial charge in [0.1, 0.15) is 11.9 Å². The van der Waals surface area contributed by atoms with Crippen molar-refractivity contribution < 1.29 is 33.7 Å². The number of rotatable bonds is 4. The summed E-state index contributed by atoms with van der Waals surface area (Å²) in [6.07, 6.45) is 5.98. The summed E-state index contributed by atoms with van der Waals surface area (Å²) in [5, 5.41) is 25.4. The van der Waals surface area contributed by atoms with Crippen LogP contribution in [0.5, 0.6) is 5.75 Å².